The molecular weight excluding hydrogens is 218 g/mol. The fourth-order valence-electron chi connectivity index (χ4n) is 1.02. The van der Waals surface area contributed by atoms with Crippen LogP contribution in [0.5, 0.6) is 0 Å². The Morgan fingerprint density at radius 2 is 1.82 bits per heavy atom. The summed E-state index contributed by atoms with van der Waals surface area (Å²) in [5.41, 5.74) is 4.98. The maximum Gasteiger partial charge on any atom is 0.410 e. The Kier molecular flexibility index (Phi) is 11.3. The molecule has 0 saturated heterocycles. The summed E-state index contributed by atoms with van der Waals surface area (Å²) >= 11 is 0. The Morgan fingerprint density at radius 1 is 1.29 bits per heavy atom. The van der Waals surface area contributed by atoms with Gasteiger partial charge in [0.15, 0.2) is 0 Å². The average molecular weight is 247 g/mol. The summed E-state index contributed by atoms with van der Waals surface area (Å²) in [7, 11) is 1.84. The number of rotatable bonds is 5. The van der Waals surface area contributed by atoms with Crippen molar-refractivity contribution in [3.05, 3.63) is 0 Å². The third-order valence-corrected chi connectivity index (χ3v) is 1.68. The van der Waals surface area contributed by atoms with Gasteiger partial charge in [0.1, 0.15) is 5.60 Å². The van der Waals surface area contributed by atoms with Crippen molar-refractivity contribution in [2.45, 2.75) is 40.2 Å². The molecule has 0 radical (unpaired) electrons. The number of carbonyl (C=O) groups is 1. The first-order chi connectivity index (χ1) is 7.90. The van der Waals surface area contributed by atoms with E-state index in [4.69, 9.17) is 10.5 Å². The van der Waals surface area contributed by atoms with Gasteiger partial charge in [-0.1, -0.05) is 13.8 Å². The fourth-order valence-corrected chi connectivity index (χ4v) is 1.02. The van der Waals surface area contributed by atoms with Gasteiger partial charge in [-0.2, -0.15) is 0 Å². The third-order valence-electron chi connectivity index (χ3n) is 1.68. The van der Waals surface area contributed by atoms with Crippen molar-refractivity contribution in [3.8, 4) is 0 Å². The van der Waals surface area contributed by atoms with Crippen LogP contribution in [0, 0.1) is 0 Å². The van der Waals surface area contributed by atoms with Crippen LogP contribution in [0.15, 0.2) is 0 Å². The minimum atomic E-state index is -0.455. The third kappa shape index (κ3) is 11.5. The number of nitrogens with two attached hydrogens (primary N) is 1. The van der Waals surface area contributed by atoms with Crippen LogP contribution in [0.3, 0.4) is 0 Å². The largest absolute Gasteiger partial charge is 0.444 e. The lowest BCUT2D eigenvalue weighted by Gasteiger charge is -2.27. The fraction of sp³-hybridized carbons (Fsp3) is 0.917. The number of nitrogens with zero attached hydrogens (tertiary/aromatic N) is 1. The van der Waals surface area contributed by atoms with Crippen molar-refractivity contribution in [2.24, 2.45) is 5.73 Å². The van der Waals surface area contributed by atoms with Crippen LogP contribution < -0.4 is 11.1 Å². The molecule has 0 aliphatic carbocycles. The van der Waals surface area contributed by atoms with Gasteiger partial charge < -0.3 is 20.7 Å². The number of likely N-dealkylation sites (N-methyl/N-ethyl adjacent to an activating group) is 1. The molecule has 0 aromatic carbocycles. The first-order valence-corrected chi connectivity index (χ1v) is 6.23. The molecule has 0 bridgehead atoms. The zero-order chi connectivity index (χ0) is 13.9. The van der Waals surface area contributed by atoms with Crippen LogP contribution in [0.2, 0.25) is 0 Å². The second kappa shape index (κ2) is 10.4. The molecule has 5 nitrogen and oxygen atoms in total. The Morgan fingerprint density at radius 3 is 2.18 bits per heavy atom. The molecule has 0 rings (SSSR count). The Labute approximate surface area is 106 Å². The molecule has 104 valence electrons. The number of ether oxygens (including phenoxy) is 1. The molecule has 0 spiro atoms. The molecule has 0 atom stereocenters. The second-order valence-corrected chi connectivity index (χ2v) is 4.36. The number of hydrogen-bond acceptors (Lipinski definition) is 4. The Bertz CT molecular complexity index is 191. The topological polar surface area (TPSA) is 67.6 Å². The predicted octanol–water partition coefficient (Wildman–Crippen LogP) is 1.43. The van der Waals surface area contributed by atoms with Crippen molar-refractivity contribution in [1.29, 1.82) is 0 Å². The summed E-state index contributed by atoms with van der Waals surface area (Å²) in [5.74, 6) is 0. The average Bonchev–Trinajstić information content (AvgIpc) is 2.24. The van der Waals surface area contributed by atoms with Crippen molar-refractivity contribution >= 4 is 6.09 Å². The van der Waals surface area contributed by atoms with E-state index >= 15 is 0 Å². The lowest BCUT2D eigenvalue weighted by molar-refractivity contribution is 0.0258. The molecule has 0 aliphatic rings. The number of nitrogens with one attached hydrogen (secondary N) is 1. The predicted molar refractivity (Wildman–Crippen MR) is 72.1 cm³/mol. The lowest BCUT2D eigenvalue weighted by atomic mass is 10.2. The molecule has 0 heterocycles. The van der Waals surface area contributed by atoms with Gasteiger partial charge in [-0.25, -0.2) is 4.79 Å². The summed E-state index contributed by atoms with van der Waals surface area (Å²) in [4.78, 5) is 13.3. The summed E-state index contributed by atoms with van der Waals surface area (Å²) in [6, 6.07) is 0. The summed E-state index contributed by atoms with van der Waals surface area (Å²) < 4.78 is 5.25. The molecule has 1 amide bonds. The summed E-state index contributed by atoms with van der Waals surface area (Å²) in [5, 5.41) is 2.98. The van der Waals surface area contributed by atoms with Gasteiger partial charge in [0, 0.05) is 26.2 Å². The molecule has 0 aromatic heterocycles. The first-order valence-electron chi connectivity index (χ1n) is 6.23. The number of hydrogen-bond donors (Lipinski definition) is 2. The van der Waals surface area contributed by atoms with E-state index in [-0.39, 0.29) is 6.09 Å². The molecular formula is C12H29N3O2. The molecule has 0 aromatic rings. The maximum absolute atomic E-state index is 11.7. The summed E-state index contributed by atoms with van der Waals surface area (Å²) in [6.45, 7) is 11.9. The highest BCUT2D eigenvalue weighted by Gasteiger charge is 2.20. The van der Waals surface area contributed by atoms with Crippen LogP contribution >= 0.6 is 0 Å². The monoisotopic (exact) mass is 247 g/mol. The van der Waals surface area contributed by atoms with Gasteiger partial charge in [0.2, 0.25) is 0 Å². The maximum atomic E-state index is 11.7. The van der Waals surface area contributed by atoms with Crippen molar-refractivity contribution in [3.63, 3.8) is 0 Å². The Hall–Kier alpha value is -0.810. The van der Waals surface area contributed by atoms with Crippen LogP contribution in [0.25, 0.3) is 0 Å². The highest BCUT2D eigenvalue weighted by atomic mass is 16.6. The second-order valence-electron chi connectivity index (χ2n) is 4.36. The van der Waals surface area contributed by atoms with E-state index in [1.54, 1.807) is 4.90 Å². The van der Waals surface area contributed by atoms with Gasteiger partial charge >= 0.3 is 6.09 Å². The lowest BCUT2D eigenvalue weighted by Crippen LogP contribution is -2.42. The SMILES string of the molecule is CC.CNCCN(CCN)C(=O)OC(C)(C)C. The first kappa shape index (κ1) is 18.6. The van der Waals surface area contributed by atoms with Crippen LogP contribution in [-0.4, -0.2) is 49.8 Å². The molecule has 0 unspecified atom stereocenters. The zero-order valence-corrected chi connectivity index (χ0v) is 12.2. The highest BCUT2D eigenvalue weighted by Crippen LogP contribution is 2.09. The number of carbonyl (C=O) groups excluding carboxylic acids is 1. The molecule has 17 heavy (non-hydrogen) atoms. The Balaban J connectivity index is 0. The normalized spacial score (nSPS) is 10.3. The molecule has 0 fully saturated rings. The van der Waals surface area contributed by atoms with E-state index in [9.17, 15) is 4.79 Å². The zero-order valence-electron chi connectivity index (χ0n) is 12.2. The minimum Gasteiger partial charge on any atom is -0.444 e. The van der Waals surface area contributed by atoms with E-state index in [1.165, 1.54) is 0 Å². The van der Waals surface area contributed by atoms with Gasteiger partial charge in [0.05, 0.1) is 0 Å². The van der Waals surface area contributed by atoms with Crippen molar-refractivity contribution < 1.29 is 9.53 Å². The molecule has 0 saturated carbocycles. The van der Waals surface area contributed by atoms with E-state index in [2.05, 4.69) is 5.32 Å². The van der Waals surface area contributed by atoms with E-state index in [0.717, 1.165) is 6.54 Å². The molecule has 3 N–H and O–H groups in total. The van der Waals surface area contributed by atoms with E-state index in [0.29, 0.717) is 19.6 Å². The van der Waals surface area contributed by atoms with Crippen LogP contribution in [0.1, 0.15) is 34.6 Å². The van der Waals surface area contributed by atoms with Crippen LogP contribution in [-0.2, 0) is 4.74 Å². The van der Waals surface area contributed by atoms with E-state index < -0.39 is 5.60 Å². The van der Waals surface area contributed by atoms with Gasteiger partial charge in [-0.15, -0.1) is 0 Å². The molecule has 0 aliphatic heterocycles. The van der Waals surface area contributed by atoms with Crippen molar-refractivity contribution in [1.82, 2.24) is 10.2 Å². The number of amides is 1. The molecule has 5 heteroatoms. The van der Waals surface area contributed by atoms with Gasteiger partial charge in [-0.05, 0) is 27.8 Å². The van der Waals surface area contributed by atoms with Gasteiger partial charge in [-0.3, -0.25) is 0 Å². The standard InChI is InChI=1S/C10H23N3O2.C2H6/c1-10(2,3)15-9(14)13(7-5-11)8-6-12-4;1-2/h12H,5-8,11H2,1-4H3;1-2H3. The quantitative estimate of drug-likeness (QED) is 0.771. The highest BCUT2D eigenvalue weighted by molar-refractivity contribution is 5.68. The minimum absolute atomic E-state index is 0.303. The van der Waals surface area contributed by atoms with Crippen molar-refractivity contribution in [2.75, 3.05) is 33.2 Å². The van der Waals surface area contributed by atoms with E-state index in [1.807, 2.05) is 41.7 Å². The van der Waals surface area contributed by atoms with Crippen LogP contribution in [0.4, 0.5) is 4.79 Å². The smallest absolute Gasteiger partial charge is 0.410 e. The summed E-state index contributed by atoms with van der Waals surface area (Å²) in [6.07, 6.45) is -0.303. The van der Waals surface area contributed by atoms with Gasteiger partial charge in [0.25, 0.3) is 0 Å².